The van der Waals surface area contributed by atoms with E-state index in [2.05, 4.69) is 15.5 Å². The highest BCUT2D eigenvalue weighted by atomic mass is 16.6. The van der Waals surface area contributed by atoms with E-state index in [1.807, 2.05) is 0 Å². The number of hydrogen-bond acceptors (Lipinski definition) is 5. The van der Waals surface area contributed by atoms with Gasteiger partial charge in [-0.15, -0.1) is 0 Å². The van der Waals surface area contributed by atoms with Gasteiger partial charge in [-0.1, -0.05) is 0 Å². The van der Waals surface area contributed by atoms with E-state index in [0.717, 1.165) is 12.8 Å². The van der Waals surface area contributed by atoms with Crippen LogP contribution in [0.4, 0.5) is 11.5 Å². The minimum atomic E-state index is -0.496. The number of H-pyrrole nitrogens is 1. The van der Waals surface area contributed by atoms with E-state index in [1.54, 1.807) is 4.57 Å². The highest BCUT2D eigenvalue weighted by molar-refractivity contribution is 5.93. The monoisotopic (exact) mass is 290 g/mol. The molecule has 1 saturated carbocycles. The number of nitrogens with zero attached hydrogens (tertiary/aromatic N) is 3. The van der Waals surface area contributed by atoms with Gasteiger partial charge in [0.25, 0.3) is 11.6 Å². The smallest absolute Gasteiger partial charge is 0.287 e. The number of nitrogens with one attached hydrogen (secondary N) is 2. The van der Waals surface area contributed by atoms with Crippen molar-refractivity contribution in [3.05, 3.63) is 39.8 Å². The molecule has 2 aromatic heterocycles. The molecule has 2 aromatic rings. The first kappa shape index (κ1) is 13.2. The van der Waals surface area contributed by atoms with E-state index in [9.17, 15) is 14.9 Å². The Kier molecular flexibility index (Phi) is 3.09. The molecule has 3 rings (SSSR count). The number of anilines is 1. The van der Waals surface area contributed by atoms with Crippen molar-refractivity contribution in [1.82, 2.24) is 20.1 Å². The molecule has 4 N–H and O–H groups in total. The SMILES string of the molecule is Nc1[nH]ncc1CNC(=O)c1cc([N+](=O)[O-])cn1C1CC1. The van der Waals surface area contributed by atoms with Gasteiger partial charge in [-0.25, -0.2) is 0 Å². The van der Waals surface area contributed by atoms with Crippen LogP contribution in [-0.4, -0.2) is 25.6 Å². The van der Waals surface area contributed by atoms with Crippen LogP contribution in [0, 0.1) is 10.1 Å². The fourth-order valence-electron chi connectivity index (χ4n) is 2.13. The minimum Gasteiger partial charge on any atom is -0.384 e. The number of carbonyl (C=O) groups is 1. The summed E-state index contributed by atoms with van der Waals surface area (Å²) >= 11 is 0. The second kappa shape index (κ2) is 4.93. The zero-order valence-corrected chi connectivity index (χ0v) is 11.1. The zero-order valence-electron chi connectivity index (χ0n) is 11.1. The number of nitrogens with two attached hydrogens (primary N) is 1. The predicted molar refractivity (Wildman–Crippen MR) is 73.5 cm³/mol. The van der Waals surface area contributed by atoms with Crippen molar-refractivity contribution in [2.45, 2.75) is 25.4 Å². The molecule has 1 amide bonds. The van der Waals surface area contributed by atoms with Gasteiger partial charge < -0.3 is 15.6 Å². The Morgan fingerprint density at radius 2 is 2.38 bits per heavy atom. The van der Waals surface area contributed by atoms with Crippen LogP contribution in [0.5, 0.6) is 0 Å². The lowest BCUT2D eigenvalue weighted by Crippen LogP contribution is -2.25. The summed E-state index contributed by atoms with van der Waals surface area (Å²) in [5.41, 5.74) is 6.53. The maximum absolute atomic E-state index is 12.2. The second-order valence-corrected chi connectivity index (χ2v) is 4.97. The van der Waals surface area contributed by atoms with Crippen molar-refractivity contribution < 1.29 is 9.72 Å². The number of aromatic nitrogens is 3. The molecule has 1 aliphatic carbocycles. The topological polar surface area (TPSA) is 132 Å². The van der Waals surface area contributed by atoms with Gasteiger partial charge in [0.15, 0.2) is 0 Å². The fourth-order valence-corrected chi connectivity index (χ4v) is 2.13. The normalized spacial score (nSPS) is 14.1. The molecule has 9 nitrogen and oxygen atoms in total. The zero-order chi connectivity index (χ0) is 15.0. The van der Waals surface area contributed by atoms with Crippen LogP contribution in [0.1, 0.15) is 34.9 Å². The maximum atomic E-state index is 12.2. The molecule has 0 bridgehead atoms. The predicted octanol–water partition coefficient (Wildman–Crippen LogP) is 0.966. The highest BCUT2D eigenvalue weighted by Crippen LogP contribution is 2.37. The molecule has 9 heteroatoms. The first-order valence-corrected chi connectivity index (χ1v) is 6.48. The van der Waals surface area contributed by atoms with E-state index in [-0.39, 0.29) is 24.2 Å². The largest absolute Gasteiger partial charge is 0.384 e. The van der Waals surface area contributed by atoms with Crippen molar-refractivity contribution in [2.75, 3.05) is 5.73 Å². The highest BCUT2D eigenvalue weighted by Gasteiger charge is 2.30. The Morgan fingerprint density at radius 3 is 2.95 bits per heavy atom. The first-order chi connectivity index (χ1) is 10.1. The lowest BCUT2D eigenvalue weighted by atomic mass is 10.3. The molecule has 0 saturated heterocycles. The number of aromatic amines is 1. The molecule has 1 aliphatic rings. The summed E-state index contributed by atoms with van der Waals surface area (Å²) in [5.74, 6) is 0.0226. The van der Waals surface area contributed by atoms with Gasteiger partial charge in [0.1, 0.15) is 11.5 Å². The van der Waals surface area contributed by atoms with Gasteiger partial charge in [-0.3, -0.25) is 20.0 Å². The molecule has 21 heavy (non-hydrogen) atoms. The van der Waals surface area contributed by atoms with Crippen molar-refractivity contribution in [2.24, 2.45) is 0 Å². The van der Waals surface area contributed by atoms with Crippen LogP contribution in [0.3, 0.4) is 0 Å². The van der Waals surface area contributed by atoms with Gasteiger partial charge in [-0.05, 0) is 12.8 Å². The average molecular weight is 290 g/mol. The number of nitro groups is 1. The Bertz CT molecular complexity index is 700. The molecule has 110 valence electrons. The van der Waals surface area contributed by atoms with Gasteiger partial charge in [0, 0.05) is 24.2 Å². The van der Waals surface area contributed by atoms with E-state index in [1.165, 1.54) is 18.5 Å². The molecule has 0 unspecified atom stereocenters. The van der Waals surface area contributed by atoms with Gasteiger partial charge >= 0.3 is 0 Å². The Balaban J connectivity index is 1.77. The second-order valence-electron chi connectivity index (χ2n) is 4.97. The molecule has 0 spiro atoms. The molecular weight excluding hydrogens is 276 g/mol. The third-order valence-corrected chi connectivity index (χ3v) is 3.41. The third-order valence-electron chi connectivity index (χ3n) is 3.41. The third kappa shape index (κ3) is 2.57. The Hall–Kier alpha value is -2.84. The Labute approximate surface area is 119 Å². The van der Waals surface area contributed by atoms with Crippen molar-refractivity contribution >= 4 is 17.4 Å². The van der Waals surface area contributed by atoms with Crippen molar-refractivity contribution in [3.63, 3.8) is 0 Å². The van der Waals surface area contributed by atoms with Crippen LogP contribution >= 0.6 is 0 Å². The van der Waals surface area contributed by atoms with Crippen LogP contribution in [0.2, 0.25) is 0 Å². The molecule has 0 aliphatic heterocycles. The van der Waals surface area contributed by atoms with Crippen LogP contribution in [-0.2, 0) is 6.54 Å². The lowest BCUT2D eigenvalue weighted by Gasteiger charge is -2.07. The lowest BCUT2D eigenvalue weighted by molar-refractivity contribution is -0.384. The van der Waals surface area contributed by atoms with Crippen LogP contribution in [0.15, 0.2) is 18.5 Å². The van der Waals surface area contributed by atoms with Crippen LogP contribution in [0.25, 0.3) is 0 Å². The summed E-state index contributed by atoms with van der Waals surface area (Å²) in [6.45, 7) is 0.213. The van der Waals surface area contributed by atoms with E-state index in [0.29, 0.717) is 17.1 Å². The number of carbonyl (C=O) groups excluding carboxylic acids is 1. The minimum absolute atomic E-state index is 0.0742. The first-order valence-electron chi connectivity index (χ1n) is 6.48. The van der Waals surface area contributed by atoms with Gasteiger partial charge in [0.05, 0.1) is 17.3 Å². The summed E-state index contributed by atoms with van der Waals surface area (Å²) in [5, 5.41) is 19.9. The molecule has 2 heterocycles. The quantitative estimate of drug-likeness (QED) is 0.557. The number of hydrogen-bond donors (Lipinski definition) is 3. The summed E-state index contributed by atoms with van der Waals surface area (Å²) in [7, 11) is 0. The van der Waals surface area contributed by atoms with Crippen molar-refractivity contribution in [3.8, 4) is 0 Å². The van der Waals surface area contributed by atoms with Gasteiger partial charge in [0.2, 0.25) is 0 Å². The molecular formula is C12H14N6O3. The summed E-state index contributed by atoms with van der Waals surface area (Å²) in [6.07, 6.45) is 4.80. The molecule has 0 radical (unpaired) electrons. The summed E-state index contributed by atoms with van der Waals surface area (Å²) < 4.78 is 1.67. The van der Waals surface area contributed by atoms with E-state index in [4.69, 9.17) is 5.73 Å². The van der Waals surface area contributed by atoms with Crippen molar-refractivity contribution in [1.29, 1.82) is 0 Å². The molecule has 0 atom stereocenters. The fraction of sp³-hybridized carbons (Fsp3) is 0.333. The average Bonchev–Trinajstić information content (AvgIpc) is 3.06. The molecule has 0 aromatic carbocycles. The van der Waals surface area contributed by atoms with Crippen LogP contribution < -0.4 is 11.1 Å². The van der Waals surface area contributed by atoms with Gasteiger partial charge in [-0.2, -0.15) is 5.10 Å². The maximum Gasteiger partial charge on any atom is 0.287 e. The number of rotatable bonds is 5. The summed E-state index contributed by atoms with van der Waals surface area (Å²) in [4.78, 5) is 22.6. The number of nitrogen functional groups attached to an aromatic ring is 1. The standard InChI is InChI=1S/C12H14N6O3/c13-11-7(5-15-16-11)4-14-12(19)10-3-9(18(20)21)6-17(10)8-1-2-8/h3,5-6,8H,1-2,4H2,(H,14,19)(H3,13,15,16). The Morgan fingerprint density at radius 1 is 1.62 bits per heavy atom. The summed E-state index contributed by atoms with van der Waals surface area (Å²) in [6, 6.07) is 1.48. The molecule has 1 fully saturated rings. The van der Waals surface area contributed by atoms with E-state index >= 15 is 0 Å². The number of amides is 1. The van der Waals surface area contributed by atoms with E-state index < -0.39 is 4.92 Å².